The van der Waals surface area contributed by atoms with Crippen LogP contribution in [0.2, 0.25) is 0 Å². The van der Waals surface area contributed by atoms with Gasteiger partial charge in [0.2, 0.25) is 0 Å². The first-order valence-electron chi connectivity index (χ1n) is 5.69. The number of carbonyl (C=O) groups excluding carboxylic acids is 1. The van der Waals surface area contributed by atoms with Crippen LogP contribution < -0.4 is 5.73 Å². The van der Waals surface area contributed by atoms with Crippen LogP contribution in [0.25, 0.3) is 0 Å². The van der Waals surface area contributed by atoms with E-state index in [0.717, 1.165) is 6.42 Å². The molecule has 0 spiro atoms. The summed E-state index contributed by atoms with van der Waals surface area (Å²) < 4.78 is 5.24. The highest BCUT2D eigenvalue weighted by molar-refractivity contribution is 5.68. The molecule has 1 aliphatic heterocycles. The van der Waals surface area contributed by atoms with Crippen LogP contribution in [-0.4, -0.2) is 47.4 Å². The van der Waals surface area contributed by atoms with Gasteiger partial charge < -0.3 is 20.5 Å². The quantitative estimate of drug-likeness (QED) is 0.690. The Labute approximate surface area is 96.6 Å². The molecule has 0 aliphatic carbocycles. The number of aliphatic hydroxyl groups is 1. The van der Waals surface area contributed by atoms with Crippen LogP contribution in [0.1, 0.15) is 27.2 Å². The second kappa shape index (κ2) is 5.01. The molecule has 0 saturated carbocycles. The third kappa shape index (κ3) is 3.64. The molecule has 1 amide bonds. The molecule has 0 aromatic carbocycles. The number of ether oxygens (including phenoxy) is 1. The van der Waals surface area contributed by atoms with Crippen molar-refractivity contribution >= 4 is 6.09 Å². The van der Waals surface area contributed by atoms with E-state index in [9.17, 15) is 9.90 Å². The third-order valence-electron chi connectivity index (χ3n) is 2.68. The summed E-state index contributed by atoms with van der Waals surface area (Å²) in [5, 5.41) is 9.76. The average molecular weight is 230 g/mol. The number of rotatable bonds is 1. The molecule has 0 radical (unpaired) electrons. The Morgan fingerprint density at radius 3 is 2.62 bits per heavy atom. The summed E-state index contributed by atoms with van der Waals surface area (Å²) in [6, 6.07) is 0. The van der Waals surface area contributed by atoms with Gasteiger partial charge in [0.15, 0.2) is 0 Å². The van der Waals surface area contributed by atoms with E-state index in [2.05, 4.69) is 0 Å². The number of β-amino-alcohol motifs (C(OH)–C–C–N with tert-alkyl or cyclic N) is 1. The maximum Gasteiger partial charge on any atom is 0.410 e. The molecule has 3 N–H and O–H groups in total. The number of amides is 1. The van der Waals surface area contributed by atoms with Gasteiger partial charge in [-0.15, -0.1) is 0 Å². The Morgan fingerprint density at radius 1 is 1.56 bits per heavy atom. The number of hydrogen-bond donors (Lipinski definition) is 2. The molecule has 1 heterocycles. The smallest absolute Gasteiger partial charge is 0.410 e. The van der Waals surface area contributed by atoms with Crippen molar-refractivity contribution in [3.63, 3.8) is 0 Å². The van der Waals surface area contributed by atoms with E-state index < -0.39 is 11.7 Å². The zero-order valence-electron chi connectivity index (χ0n) is 10.3. The normalized spacial score (nSPS) is 26.7. The highest BCUT2D eigenvalue weighted by Gasteiger charge is 2.31. The predicted molar refractivity (Wildman–Crippen MR) is 61.0 cm³/mol. The van der Waals surface area contributed by atoms with Gasteiger partial charge in [-0.05, 0) is 33.7 Å². The summed E-state index contributed by atoms with van der Waals surface area (Å²) in [5.74, 6) is 0.0960. The van der Waals surface area contributed by atoms with E-state index in [1.165, 1.54) is 0 Å². The van der Waals surface area contributed by atoms with Crippen LogP contribution in [0.3, 0.4) is 0 Å². The summed E-state index contributed by atoms with van der Waals surface area (Å²) in [5.41, 5.74) is 5.03. The number of nitrogens with zero attached hydrogens (tertiary/aromatic N) is 1. The third-order valence-corrected chi connectivity index (χ3v) is 2.68. The summed E-state index contributed by atoms with van der Waals surface area (Å²) in [6.07, 6.45) is -0.162. The number of aliphatic hydroxyl groups excluding tert-OH is 1. The predicted octanol–water partition coefficient (Wildman–Crippen LogP) is 0.563. The van der Waals surface area contributed by atoms with Crippen molar-refractivity contribution in [2.75, 3.05) is 19.6 Å². The van der Waals surface area contributed by atoms with E-state index in [-0.39, 0.29) is 12.0 Å². The molecule has 5 nitrogen and oxygen atoms in total. The van der Waals surface area contributed by atoms with Crippen LogP contribution in [0, 0.1) is 5.92 Å². The number of nitrogens with two attached hydrogens (primary N) is 1. The molecule has 1 saturated heterocycles. The molecule has 2 atom stereocenters. The molecule has 1 fully saturated rings. The number of carbonyl (C=O) groups is 1. The molecule has 16 heavy (non-hydrogen) atoms. The fourth-order valence-electron chi connectivity index (χ4n) is 1.75. The largest absolute Gasteiger partial charge is 0.444 e. The molecule has 0 bridgehead atoms. The van der Waals surface area contributed by atoms with Crippen molar-refractivity contribution in [1.29, 1.82) is 0 Å². The summed E-state index contributed by atoms with van der Waals surface area (Å²) >= 11 is 0. The number of likely N-dealkylation sites (tertiary alicyclic amines) is 1. The minimum Gasteiger partial charge on any atom is -0.444 e. The average Bonchev–Trinajstić information content (AvgIpc) is 2.15. The molecular formula is C11H22N2O3. The van der Waals surface area contributed by atoms with Crippen LogP contribution in [0.4, 0.5) is 4.79 Å². The first-order valence-corrected chi connectivity index (χ1v) is 5.69. The van der Waals surface area contributed by atoms with Crippen LogP contribution in [0.15, 0.2) is 0 Å². The van der Waals surface area contributed by atoms with Gasteiger partial charge in [0, 0.05) is 12.5 Å². The number of hydrogen-bond acceptors (Lipinski definition) is 4. The van der Waals surface area contributed by atoms with Gasteiger partial charge in [-0.3, -0.25) is 0 Å². The second-order valence-corrected chi connectivity index (χ2v) is 5.28. The Kier molecular flexibility index (Phi) is 4.15. The Morgan fingerprint density at radius 2 is 2.19 bits per heavy atom. The van der Waals surface area contributed by atoms with Crippen molar-refractivity contribution in [1.82, 2.24) is 4.90 Å². The zero-order valence-corrected chi connectivity index (χ0v) is 10.3. The molecule has 0 aromatic heterocycles. The molecule has 0 aromatic rings. The maximum atomic E-state index is 11.7. The lowest BCUT2D eigenvalue weighted by molar-refractivity contribution is -0.0110. The van der Waals surface area contributed by atoms with E-state index >= 15 is 0 Å². The summed E-state index contributed by atoms with van der Waals surface area (Å²) in [4.78, 5) is 13.3. The van der Waals surface area contributed by atoms with E-state index in [1.807, 2.05) is 20.8 Å². The molecule has 1 rings (SSSR count). The van der Waals surface area contributed by atoms with E-state index in [1.54, 1.807) is 4.90 Å². The first kappa shape index (κ1) is 13.3. The van der Waals surface area contributed by atoms with E-state index in [0.29, 0.717) is 19.6 Å². The highest BCUT2D eigenvalue weighted by atomic mass is 16.6. The Hall–Kier alpha value is -0.810. The maximum absolute atomic E-state index is 11.7. The lowest BCUT2D eigenvalue weighted by Crippen LogP contribution is -2.49. The molecule has 1 aliphatic rings. The fraction of sp³-hybridized carbons (Fsp3) is 0.909. The van der Waals surface area contributed by atoms with Gasteiger partial charge in [0.1, 0.15) is 5.60 Å². The molecule has 5 heteroatoms. The number of piperidine rings is 1. The lowest BCUT2D eigenvalue weighted by Gasteiger charge is -2.36. The summed E-state index contributed by atoms with van der Waals surface area (Å²) in [6.45, 7) is 6.86. The Balaban J connectivity index is 2.48. The SMILES string of the molecule is CC(C)(C)OC(=O)N1CCC(CN)[C@H](O)C1. The molecule has 1 unspecified atom stereocenters. The fourth-order valence-corrected chi connectivity index (χ4v) is 1.75. The van der Waals surface area contributed by atoms with Gasteiger partial charge in [-0.2, -0.15) is 0 Å². The standard InChI is InChI=1S/C11H22N2O3/c1-11(2,3)16-10(15)13-5-4-8(6-12)9(14)7-13/h8-9,14H,4-7,12H2,1-3H3/t8?,9-/m1/s1. The van der Waals surface area contributed by atoms with Gasteiger partial charge in [-0.1, -0.05) is 0 Å². The second-order valence-electron chi connectivity index (χ2n) is 5.28. The minimum atomic E-state index is -0.536. The van der Waals surface area contributed by atoms with Crippen molar-refractivity contribution in [2.24, 2.45) is 11.7 Å². The molecule has 94 valence electrons. The van der Waals surface area contributed by atoms with Crippen molar-refractivity contribution in [3.8, 4) is 0 Å². The van der Waals surface area contributed by atoms with Gasteiger partial charge in [0.05, 0.1) is 12.6 Å². The van der Waals surface area contributed by atoms with Gasteiger partial charge in [-0.25, -0.2) is 4.79 Å². The lowest BCUT2D eigenvalue weighted by atomic mass is 9.94. The Bertz CT molecular complexity index is 250. The van der Waals surface area contributed by atoms with Gasteiger partial charge in [0.25, 0.3) is 0 Å². The van der Waals surface area contributed by atoms with Crippen LogP contribution >= 0.6 is 0 Å². The van der Waals surface area contributed by atoms with Crippen molar-refractivity contribution in [2.45, 2.75) is 38.9 Å². The van der Waals surface area contributed by atoms with E-state index in [4.69, 9.17) is 10.5 Å². The monoisotopic (exact) mass is 230 g/mol. The van der Waals surface area contributed by atoms with Crippen LogP contribution in [0.5, 0.6) is 0 Å². The van der Waals surface area contributed by atoms with Crippen LogP contribution in [-0.2, 0) is 4.74 Å². The zero-order chi connectivity index (χ0) is 12.3. The van der Waals surface area contributed by atoms with Crippen molar-refractivity contribution < 1.29 is 14.6 Å². The van der Waals surface area contributed by atoms with Crippen molar-refractivity contribution in [3.05, 3.63) is 0 Å². The highest BCUT2D eigenvalue weighted by Crippen LogP contribution is 2.19. The topological polar surface area (TPSA) is 75.8 Å². The first-order chi connectivity index (χ1) is 7.33. The molecular weight excluding hydrogens is 208 g/mol. The summed E-state index contributed by atoms with van der Waals surface area (Å²) in [7, 11) is 0. The minimum absolute atomic E-state index is 0.0960. The van der Waals surface area contributed by atoms with Gasteiger partial charge >= 0.3 is 6.09 Å².